The highest BCUT2D eigenvalue weighted by molar-refractivity contribution is 5.99. The van der Waals surface area contributed by atoms with E-state index in [4.69, 9.17) is 0 Å². The number of imidazole rings is 1. The van der Waals surface area contributed by atoms with Crippen molar-refractivity contribution < 1.29 is 9.90 Å². The third-order valence-electron chi connectivity index (χ3n) is 3.73. The Morgan fingerprint density at radius 1 is 1.29 bits per heavy atom. The van der Waals surface area contributed by atoms with Gasteiger partial charge in [-0.15, -0.1) is 0 Å². The minimum Gasteiger partial charge on any atom is -0.392 e. The fourth-order valence-electron chi connectivity index (χ4n) is 2.65. The third-order valence-corrected chi connectivity index (χ3v) is 3.73. The summed E-state index contributed by atoms with van der Waals surface area (Å²) in [6.07, 6.45) is 4.25. The van der Waals surface area contributed by atoms with Gasteiger partial charge in [0, 0.05) is 23.6 Å². The molecule has 0 atom stereocenters. The van der Waals surface area contributed by atoms with Gasteiger partial charge >= 0.3 is 0 Å². The lowest BCUT2D eigenvalue weighted by molar-refractivity contribution is -0.115. The Morgan fingerprint density at radius 2 is 2.19 bits per heavy atom. The van der Waals surface area contributed by atoms with Crippen LogP contribution in [0.15, 0.2) is 42.7 Å². The maximum absolute atomic E-state index is 11.4. The van der Waals surface area contributed by atoms with Crippen LogP contribution >= 0.6 is 0 Å². The number of aliphatic hydroxyl groups excluding tert-OH is 1. The number of benzene rings is 1. The standard InChI is InChI=1S/C16H13N3O2/c20-9-10-3-4-19-8-14(17-15(19)5-10)11-1-2-13-12(6-11)7-16(21)18-13/h1-6,8,20H,7,9H2,(H,18,21). The van der Waals surface area contributed by atoms with E-state index < -0.39 is 0 Å². The van der Waals surface area contributed by atoms with Crippen molar-refractivity contribution in [2.45, 2.75) is 13.0 Å². The van der Waals surface area contributed by atoms with Crippen LogP contribution in [0.4, 0.5) is 5.69 Å². The number of aromatic nitrogens is 2. The Balaban J connectivity index is 1.80. The maximum atomic E-state index is 11.4. The van der Waals surface area contributed by atoms with E-state index in [1.54, 1.807) is 0 Å². The van der Waals surface area contributed by atoms with Crippen LogP contribution < -0.4 is 5.32 Å². The zero-order valence-corrected chi connectivity index (χ0v) is 11.2. The number of amides is 1. The van der Waals surface area contributed by atoms with Gasteiger partial charge < -0.3 is 14.8 Å². The van der Waals surface area contributed by atoms with Gasteiger partial charge in [0.05, 0.1) is 18.7 Å². The number of carbonyl (C=O) groups excluding carboxylic acids is 1. The molecule has 3 heterocycles. The molecule has 0 fully saturated rings. The molecule has 0 unspecified atom stereocenters. The topological polar surface area (TPSA) is 66.6 Å². The second-order valence-corrected chi connectivity index (χ2v) is 5.18. The van der Waals surface area contributed by atoms with Gasteiger partial charge in [-0.1, -0.05) is 6.07 Å². The Hall–Kier alpha value is -2.66. The number of anilines is 1. The van der Waals surface area contributed by atoms with E-state index in [1.807, 2.05) is 47.1 Å². The summed E-state index contributed by atoms with van der Waals surface area (Å²) in [6, 6.07) is 9.60. The molecule has 0 saturated heterocycles. The number of nitrogens with one attached hydrogen (secondary N) is 1. The van der Waals surface area contributed by atoms with Crippen LogP contribution in [0.25, 0.3) is 16.9 Å². The van der Waals surface area contributed by atoms with Gasteiger partial charge in [-0.3, -0.25) is 4.79 Å². The van der Waals surface area contributed by atoms with Crippen molar-refractivity contribution in [1.82, 2.24) is 9.38 Å². The van der Waals surface area contributed by atoms with Crippen molar-refractivity contribution in [2.75, 3.05) is 5.32 Å². The molecule has 1 amide bonds. The van der Waals surface area contributed by atoms with Crippen molar-refractivity contribution in [3.05, 3.63) is 53.9 Å². The molecule has 0 saturated carbocycles. The molecule has 5 heteroatoms. The lowest BCUT2D eigenvalue weighted by Crippen LogP contribution is -2.03. The molecule has 1 aliphatic heterocycles. The third kappa shape index (κ3) is 1.98. The molecule has 4 rings (SSSR count). The molecular formula is C16H13N3O2. The van der Waals surface area contributed by atoms with E-state index in [9.17, 15) is 9.90 Å². The Kier molecular flexibility index (Phi) is 2.55. The highest BCUT2D eigenvalue weighted by Gasteiger charge is 2.18. The Bertz CT molecular complexity index is 867. The molecule has 3 aromatic rings. The minimum atomic E-state index is 0.00528. The first kappa shape index (κ1) is 12.1. The van der Waals surface area contributed by atoms with E-state index in [-0.39, 0.29) is 12.5 Å². The molecule has 0 spiro atoms. The van der Waals surface area contributed by atoms with Crippen molar-refractivity contribution in [3.8, 4) is 11.3 Å². The maximum Gasteiger partial charge on any atom is 0.228 e. The van der Waals surface area contributed by atoms with E-state index in [0.717, 1.165) is 33.7 Å². The summed E-state index contributed by atoms with van der Waals surface area (Å²) in [5, 5.41) is 12.0. The highest BCUT2D eigenvalue weighted by atomic mass is 16.3. The summed E-state index contributed by atoms with van der Waals surface area (Å²) in [5.41, 5.74) is 5.36. The number of carbonyl (C=O) groups is 1. The van der Waals surface area contributed by atoms with Gasteiger partial charge in [0.25, 0.3) is 0 Å². The quantitative estimate of drug-likeness (QED) is 0.754. The smallest absolute Gasteiger partial charge is 0.228 e. The average Bonchev–Trinajstić information content (AvgIpc) is 3.07. The molecule has 0 radical (unpaired) electrons. The number of pyridine rings is 1. The monoisotopic (exact) mass is 279 g/mol. The summed E-state index contributed by atoms with van der Waals surface area (Å²) in [4.78, 5) is 16.0. The molecule has 21 heavy (non-hydrogen) atoms. The first-order valence-corrected chi connectivity index (χ1v) is 6.74. The first-order valence-electron chi connectivity index (χ1n) is 6.74. The Labute approximate surface area is 120 Å². The summed E-state index contributed by atoms with van der Waals surface area (Å²) >= 11 is 0. The fraction of sp³-hybridized carbons (Fsp3) is 0.125. The van der Waals surface area contributed by atoms with Crippen LogP contribution in [0.2, 0.25) is 0 Å². The van der Waals surface area contributed by atoms with Crippen LogP contribution in [0.3, 0.4) is 0 Å². The van der Waals surface area contributed by atoms with E-state index in [1.165, 1.54) is 0 Å². The van der Waals surface area contributed by atoms with Crippen molar-refractivity contribution in [1.29, 1.82) is 0 Å². The van der Waals surface area contributed by atoms with Gasteiger partial charge in [0.1, 0.15) is 5.65 Å². The van der Waals surface area contributed by atoms with E-state index in [2.05, 4.69) is 10.3 Å². The van der Waals surface area contributed by atoms with Gasteiger partial charge in [-0.25, -0.2) is 4.98 Å². The number of rotatable bonds is 2. The van der Waals surface area contributed by atoms with Crippen LogP contribution in [-0.2, 0) is 17.8 Å². The molecule has 104 valence electrons. The number of nitrogens with zero attached hydrogens (tertiary/aromatic N) is 2. The number of aliphatic hydroxyl groups is 1. The van der Waals surface area contributed by atoms with Crippen LogP contribution in [0.5, 0.6) is 0 Å². The second-order valence-electron chi connectivity index (χ2n) is 5.18. The predicted molar refractivity (Wildman–Crippen MR) is 78.9 cm³/mol. The van der Waals surface area contributed by atoms with Crippen molar-refractivity contribution in [2.24, 2.45) is 0 Å². The molecule has 1 aromatic carbocycles. The van der Waals surface area contributed by atoms with Gasteiger partial charge in [0.15, 0.2) is 0 Å². The largest absolute Gasteiger partial charge is 0.392 e. The molecular weight excluding hydrogens is 266 g/mol. The van der Waals surface area contributed by atoms with Crippen LogP contribution in [0, 0.1) is 0 Å². The molecule has 5 nitrogen and oxygen atoms in total. The summed E-state index contributed by atoms with van der Waals surface area (Å²) in [5.74, 6) is 0.0322. The SMILES string of the molecule is O=C1Cc2cc(-c3cn4ccc(CO)cc4n3)ccc2N1. The zero-order valence-electron chi connectivity index (χ0n) is 11.2. The first-order chi connectivity index (χ1) is 10.2. The summed E-state index contributed by atoms with van der Waals surface area (Å²) < 4.78 is 1.92. The van der Waals surface area contributed by atoms with Crippen molar-refractivity contribution in [3.63, 3.8) is 0 Å². The number of hydrogen-bond acceptors (Lipinski definition) is 3. The predicted octanol–water partition coefficient (Wildman–Crippen LogP) is 1.99. The van der Waals surface area contributed by atoms with Gasteiger partial charge in [0.2, 0.25) is 5.91 Å². The number of fused-ring (bicyclic) bond motifs is 2. The lowest BCUT2D eigenvalue weighted by Gasteiger charge is -2.00. The molecule has 2 N–H and O–H groups in total. The Morgan fingerprint density at radius 3 is 3.05 bits per heavy atom. The van der Waals surface area contributed by atoms with Gasteiger partial charge in [-0.2, -0.15) is 0 Å². The van der Waals surface area contributed by atoms with E-state index >= 15 is 0 Å². The van der Waals surface area contributed by atoms with E-state index in [0.29, 0.717) is 6.42 Å². The zero-order chi connectivity index (χ0) is 14.4. The summed E-state index contributed by atoms with van der Waals surface area (Å²) in [6.45, 7) is 0.00528. The van der Waals surface area contributed by atoms with Gasteiger partial charge in [-0.05, 0) is 35.4 Å². The second kappa shape index (κ2) is 4.43. The molecule has 0 aliphatic carbocycles. The highest BCUT2D eigenvalue weighted by Crippen LogP contribution is 2.28. The fourth-order valence-corrected chi connectivity index (χ4v) is 2.65. The summed E-state index contributed by atoms with van der Waals surface area (Å²) in [7, 11) is 0. The molecule has 0 bridgehead atoms. The molecule has 1 aliphatic rings. The normalized spacial score (nSPS) is 13.5. The van der Waals surface area contributed by atoms with Crippen LogP contribution in [-0.4, -0.2) is 20.4 Å². The van der Waals surface area contributed by atoms with Crippen molar-refractivity contribution >= 4 is 17.2 Å². The van der Waals surface area contributed by atoms with Crippen LogP contribution in [0.1, 0.15) is 11.1 Å². The minimum absolute atomic E-state index is 0.00528. The average molecular weight is 279 g/mol. The lowest BCUT2D eigenvalue weighted by atomic mass is 10.1. The number of hydrogen-bond donors (Lipinski definition) is 2. The molecule has 2 aromatic heterocycles.